The van der Waals surface area contributed by atoms with Gasteiger partial charge in [0.05, 0.1) is 0 Å². The summed E-state index contributed by atoms with van der Waals surface area (Å²) in [7, 11) is 0. The standard InChI is InChI=1S/C23H27N3O2S2/c1-15-6-8-17(9-7-15)14-29-22-26-25-21(30-22)24-20(27)16(2)28-19-12-10-18(11-13-19)23(3,4)5/h6-13,16H,14H2,1-5H3,(H,24,25,27). The SMILES string of the molecule is Cc1ccc(CSc2nnc(NC(=O)C(C)Oc3ccc(C(C)(C)C)cc3)s2)cc1. The third-order valence-corrected chi connectivity index (χ3v) is 6.57. The third-order valence-electron chi connectivity index (χ3n) is 4.52. The summed E-state index contributed by atoms with van der Waals surface area (Å²) in [5.74, 6) is 1.23. The number of carbonyl (C=O) groups is 1. The van der Waals surface area contributed by atoms with Crippen molar-refractivity contribution < 1.29 is 9.53 Å². The Bertz CT molecular complexity index is 977. The first kappa shape index (κ1) is 22.3. The molecule has 3 rings (SSSR count). The molecule has 5 nitrogen and oxygen atoms in total. The summed E-state index contributed by atoms with van der Waals surface area (Å²) in [4.78, 5) is 12.5. The average molecular weight is 442 g/mol. The zero-order valence-electron chi connectivity index (χ0n) is 17.9. The lowest BCUT2D eigenvalue weighted by molar-refractivity contribution is -0.122. The van der Waals surface area contributed by atoms with Crippen molar-refractivity contribution in [2.24, 2.45) is 0 Å². The van der Waals surface area contributed by atoms with Crippen LogP contribution in [0.5, 0.6) is 5.75 Å². The lowest BCUT2D eigenvalue weighted by Gasteiger charge is -2.20. The van der Waals surface area contributed by atoms with E-state index in [1.54, 1.807) is 18.7 Å². The Morgan fingerprint density at radius 1 is 1.10 bits per heavy atom. The molecule has 3 aromatic rings. The molecule has 1 amide bonds. The van der Waals surface area contributed by atoms with Gasteiger partial charge >= 0.3 is 0 Å². The molecular weight excluding hydrogens is 414 g/mol. The predicted molar refractivity (Wildman–Crippen MR) is 125 cm³/mol. The Balaban J connectivity index is 1.51. The van der Waals surface area contributed by atoms with Crippen LogP contribution in [0.4, 0.5) is 5.13 Å². The molecule has 1 atom stereocenters. The Morgan fingerprint density at radius 2 is 1.77 bits per heavy atom. The minimum Gasteiger partial charge on any atom is -0.481 e. The quantitative estimate of drug-likeness (QED) is 0.368. The van der Waals surface area contributed by atoms with Crippen LogP contribution in [0.3, 0.4) is 0 Å². The Labute approximate surface area is 186 Å². The number of thioether (sulfide) groups is 1. The number of rotatable bonds is 7. The van der Waals surface area contributed by atoms with Crippen LogP contribution < -0.4 is 10.1 Å². The molecule has 7 heteroatoms. The fourth-order valence-corrected chi connectivity index (χ4v) is 4.36. The van der Waals surface area contributed by atoms with Crippen molar-refractivity contribution in [3.63, 3.8) is 0 Å². The Morgan fingerprint density at radius 3 is 2.40 bits per heavy atom. The molecular formula is C23H27N3O2S2. The molecule has 2 aromatic carbocycles. The van der Waals surface area contributed by atoms with Gasteiger partial charge in [0.25, 0.3) is 5.91 Å². The van der Waals surface area contributed by atoms with Crippen LogP contribution in [-0.4, -0.2) is 22.2 Å². The Hall–Kier alpha value is -2.38. The van der Waals surface area contributed by atoms with Gasteiger partial charge in [0.1, 0.15) is 5.75 Å². The van der Waals surface area contributed by atoms with E-state index in [2.05, 4.69) is 67.5 Å². The highest BCUT2D eigenvalue weighted by atomic mass is 32.2. The minimum absolute atomic E-state index is 0.0779. The summed E-state index contributed by atoms with van der Waals surface area (Å²) in [5.41, 5.74) is 3.77. The molecule has 0 saturated heterocycles. The minimum atomic E-state index is -0.641. The number of ether oxygens (including phenoxy) is 1. The largest absolute Gasteiger partial charge is 0.481 e. The maximum absolute atomic E-state index is 12.5. The van der Waals surface area contributed by atoms with E-state index in [4.69, 9.17) is 4.74 Å². The molecule has 1 aromatic heterocycles. The zero-order valence-corrected chi connectivity index (χ0v) is 19.6. The second-order valence-corrected chi connectivity index (χ2v) is 10.4. The number of nitrogens with zero attached hydrogens (tertiary/aromatic N) is 2. The fraction of sp³-hybridized carbons (Fsp3) is 0.348. The maximum atomic E-state index is 12.5. The first-order valence-electron chi connectivity index (χ1n) is 9.80. The number of hydrogen-bond donors (Lipinski definition) is 1. The van der Waals surface area contributed by atoms with Gasteiger partial charge in [-0.3, -0.25) is 10.1 Å². The van der Waals surface area contributed by atoms with Gasteiger partial charge < -0.3 is 4.74 Å². The lowest BCUT2D eigenvalue weighted by atomic mass is 9.87. The highest BCUT2D eigenvalue weighted by molar-refractivity contribution is 8.00. The maximum Gasteiger partial charge on any atom is 0.266 e. The molecule has 30 heavy (non-hydrogen) atoms. The van der Waals surface area contributed by atoms with E-state index in [9.17, 15) is 4.79 Å². The van der Waals surface area contributed by atoms with Crippen LogP contribution in [0.25, 0.3) is 0 Å². The molecule has 0 aliphatic carbocycles. The summed E-state index contributed by atoms with van der Waals surface area (Å²) in [6.45, 7) is 10.3. The molecule has 0 fully saturated rings. The fourth-order valence-electron chi connectivity index (χ4n) is 2.65. The number of aryl methyl sites for hydroxylation is 1. The number of benzene rings is 2. The van der Waals surface area contributed by atoms with Crippen LogP contribution in [0.1, 0.15) is 44.4 Å². The Kier molecular flexibility index (Phi) is 7.15. The van der Waals surface area contributed by atoms with E-state index in [-0.39, 0.29) is 11.3 Å². The summed E-state index contributed by atoms with van der Waals surface area (Å²) in [6.07, 6.45) is -0.641. The molecule has 158 valence electrons. The molecule has 1 unspecified atom stereocenters. The van der Waals surface area contributed by atoms with Crippen molar-refractivity contribution in [3.8, 4) is 5.75 Å². The summed E-state index contributed by atoms with van der Waals surface area (Å²) in [5, 5.41) is 11.5. The number of carbonyl (C=O) groups excluding carboxylic acids is 1. The zero-order chi connectivity index (χ0) is 21.7. The van der Waals surface area contributed by atoms with E-state index >= 15 is 0 Å². The van der Waals surface area contributed by atoms with Gasteiger partial charge in [-0.25, -0.2) is 0 Å². The first-order valence-corrected chi connectivity index (χ1v) is 11.6. The second kappa shape index (κ2) is 9.62. The van der Waals surface area contributed by atoms with E-state index in [0.717, 1.165) is 10.1 Å². The van der Waals surface area contributed by atoms with Crippen LogP contribution >= 0.6 is 23.1 Å². The van der Waals surface area contributed by atoms with Crippen molar-refractivity contribution in [2.75, 3.05) is 5.32 Å². The smallest absolute Gasteiger partial charge is 0.266 e. The van der Waals surface area contributed by atoms with Gasteiger partial charge in [-0.05, 0) is 42.5 Å². The molecule has 0 radical (unpaired) electrons. The van der Waals surface area contributed by atoms with Crippen LogP contribution in [0.2, 0.25) is 0 Å². The number of anilines is 1. The van der Waals surface area contributed by atoms with Crippen LogP contribution in [0.15, 0.2) is 52.9 Å². The molecule has 1 heterocycles. The van der Waals surface area contributed by atoms with Crippen LogP contribution in [-0.2, 0) is 16.0 Å². The third kappa shape index (κ3) is 6.31. The lowest BCUT2D eigenvalue weighted by Crippen LogP contribution is -2.30. The van der Waals surface area contributed by atoms with Gasteiger partial charge in [0.15, 0.2) is 10.4 Å². The van der Waals surface area contributed by atoms with Gasteiger partial charge in [0, 0.05) is 5.75 Å². The molecule has 0 bridgehead atoms. The summed E-state index contributed by atoms with van der Waals surface area (Å²) in [6, 6.07) is 16.3. The highest BCUT2D eigenvalue weighted by Crippen LogP contribution is 2.29. The van der Waals surface area contributed by atoms with Crippen molar-refractivity contribution in [3.05, 3.63) is 65.2 Å². The number of hydrogen-bond acceptors (Lipinski definition) is 6. The van der Waals surface area contributed by atoms with Crippen LogP contribution in [0, 0.1) is 6.92 Å². The monoisotopic (exact) mass is 441 g/mol. The van der Waals surface area contributed by atoms with Gasteiger partial charge in [-0.2, -0.15) is 0 Å². The molecule has 0 saturated carbocycles. The second-order valence-electron chi connectivity index (χ2n) is 8.17. The molecule has 0 aliphatic rings. The van der Waals surface area contributed by atoms with E-state index in [1.165, 1.54) is 28.0 Å². The molecule has 0 aliphatic heterocycles. The van der Waals surface area contributed by atoms with Crippen molar-refractivity contribution in [1.82, 2.24) is 10.2 Å². The predicted octanol–water partition coefficient (Wildman–Crippen LogP) is 5.84. The van der Waals surface area contributed by atoms with Crippen molar-refractivity contribution in [2.45, 2.75) is 56.2 Å². The van der Waals surface area contributed by atoms with Crippen molar-refractivity contribution >= 4 is 34.1 Å². The summed E-state index contributed by atoms with van der Waals surface area (Å²) < 4.78 is 6.59. The number of aromatic nitrogens is 2. The van der Waals surface area contributed by atoms with E-state index < -0.39 is 6.10 Å². The highest BCUT2D eigenvalue weighted by Gasteiger charge is 2.18. The first-order chi connectivity index (χ1) is 14.2. The van der Waals surface area contributed by atoms with Gasteiger partial charge in [-0.15, -0.1) is 10.2 Å². The summed E-state index contributed by atoms with van der Waals surface area (Å²) >= 11 is 2.97. The van der Waals surface area contributed by atoms with Gasteiger partial charge in [-0.1, -0.05) is 85.8 Å². The van der Waals surface area contributed by atoms with E-state index in [1.807, 2.05) is 24.3 Å². The molecule has 1 N–H and O–H groups in total. The topological polar surface area (TPSA) is 64.1 Å². The van der Waals surface area contributed by atoms with E-state index in [0.29, 0.717) is 10.9 Å². The number of amides is 1. The molecule has 0 spiro atoms. The van der Waals surface area contributed by atoms with Gasteiger partial charge in [0.2, 0.25) is 5.13 Å². The average Bonchev–Trinajstić information content (AvgIpc) is 3.14. The normalized spacial score (nSPS) is 12.4. The number of nitrogens with one attached hydrogen (secondary N) is 1. The van der Waals surface area contributed by atoms with Crippen molar-refractivity contribution in [1.29, 1.82) is 0 Å².